The van der Waals surface area contributed by atoms with Crippen molar-refractivity contribution < 1.29 is 13.6 Å². The molecule has 0 bridgehead atoms. The van der Waals surface area contributed by atoms with Gasteiger partial charge in [0.2, 0.25) is 0 Å². The van der Waals surface area contributed by atoms with Gasteiger partial charge in [-0.05, 0) is 0 Å². The second-order valence-electron chi connectivity index (χ2n) is 7.70. The van der Waals surface area contributed by atoms with E-state index in [1.54, 1.807) is 22.3 Å². The first kappa shape index (κ1) is 17.1. The van der Waals surface area contributed by atoms with Gasteiger partial charge in [0.25, 0.3) is 0 Å². The standard InChI is InChI=1S/2C9H11.C2H4.2BrH.Zr/c2*1-2-5-9-7-3-6-8(9)4-1;1-2;;;/h2*3,6-7H,1-2,4-5H2;1H,2H3;2*1H;/q;;;;;+2/p-2. The molecule has 0 aromatic rings. The Morgan fingerprint density at radius 1 is 0.826 bits per heavy atom. The molecule has 4 rings (SSSR count). The molecule has 0 N–H and O–H groups in total. The summed E-state index contributed by atoms with van der Waals surface area (Å²) in [5.74, 6) is 0. The van der Waals surface area contributed by atoms with E-state index in [-0.39, 0.29) is 0 Å². The van der Waals surface area contributed by atoms with Crippen LogP contribution in [0.2, 0.25) is 7.25 Å². The predicted molar refractivity (Wildman–Crippen MR) is 106 cm³/mol. The summed E-state index contributed by atoms with van der Waals surface area (Å²) in [4.78, 5) is 0. The Bertz CT molecular complexity index is 673. The summed E-state index contributed by atoms with van der Waals surface area (Å²) in [5.41, 5.74) is 6.82. The number of rotatable bonds is 2. The first-order chi connectivity index (χ1) is 11.0. The van der Waals surface area contributed by atoms with E-state index in [0.29, 0.717) is 7.25 Å². The molecule has 0 spiro atoms. The second-order valence-corrected chi connectivity index (χ2v) is 45.4. The van der Waals surface area contributed by atoms with Gasteiger partial charge in [-0.25, -0.2) is 0 Å². The van der Waals surface area contributed by atoms with E-state index in [4.69, 9.17) is 0 Å². The quantitative estimate of drug-likeness (QED) is 0.354. The van der Waals surface area contributed by atoms with Gasteiger partial charge in [0.15, 0.2) is 0 Å². The van der Waals surface area contributed by atoms with Crippen LogP contribution in [0.15, 0.2) is 46.6 Å². The molecule has 4 aliphatic carbocycles. The van der Waals surface area contributed by atoms with E-state index in [1.807, 2.05) is 0 Å². The van der Waals surface area contributed by atoms with E-state index in [2.05, 4.69) is 59.4 Å². The van der Waals surface area contributed by atoms with Crippen molar-refractivity contribution in [2.24, 2.45) is 0 Å². The van der Waals surface area contributed by atoms with Crippen LogP contribution in [0.5, 0.6) is 0 Å². The van der Waals surface area contributed by atoms with Gasteiger partial charge in [0, 0.05) is 0 Å². The van der Waals surface area contributed by atoms with Crippen molar-refractivity contribution in [1.82, 2.24) is 0 Å². The zero-order chi connectivity index (χ0) is 16.1. The van der Waals surface area contributed by atoms with Crippen molar-refractivity contribution in [2.45, 2.75) is 65.5 Å². The Kier molecular flexibility index (Phi) is 4.56. The summed E-state index contributed by atoms with van der Waals surface area (Å²) in [6.45, 7) is 2.30. The molecular weight excluding hydrogens is 491 g/mol. The van der Waals surface area contributed by atoms with Crippen molar-refractivity contribution in [3.8, 4) is 0 Å². The molecule has 0 saturated carbocycles. The summed E-state index contributed by atoms with van der Waals surface area (Å²) >= 11 is 5.50. The fourth-order valence-corrected chi connectivity index (χ4v) is 25.3. The number of halogens is 2. The van der Waals surface area contributed by atoms with E-state index in [0.717, 1.165) is 0 Å². The van der Waals surface area contributed by atoms with Gasteiger partial charge in [0.1, 0.15) is 0 Å². The first-order valence-electron chi connectivity index (χ1n) is 9.22. The molecule has 3 heteroatoms. The van der Waals surface area contributed by atoms with Crippen LogP contribution < -0.4 is 0 Å². The van der Waals surface area contributed by atoms with Gasteiger partial charge in [-0.3, -0.25) is 0 Å². The van der Waals surface area contributed by atoms with E-state index in [1.165, 1.54) is 51.4 Å². The fraction of sp³-hybridized carbons (Fsp3) is 0.550. The maximum atomic E-state index is 4.47. The molecule has 0 aromatic carbocycles. The van der Waals surface area contributed by atoms with Crippen molar-refractivity contribution in [3.05, 3.63) is 46.6 Å². The monoisotopic (exact) mass is 514 g/mol. The Balaban J connectivity index is 1.81. The third-order valence-electron chi connectivity index (χ3n) is 6.58. The first-order valence-corrected chi connectivity index (χ1v) is 24.7. The normalized spacial score (nSPS) is 30.8. The molecule has 0 aliphatic heterocycles. The third-order valence-corrected chi connectivity index (χ3v) is 34.9. The average molecular weight is 517 g/mol. The van der Waals surface area contributed by atoms with Gasteiger partial charge >= 0.3 is 154 Å². The van der Waals surface area contributed by atoms with Gasteiger partial charge in [-0.2, -0.15) is 0 Å². The van der Waals surface area contributed by atoms with Crippen LogP contribution in [0.1, 0.15) is 58.3 Å². The molecule has 2 atom stereocenters. The molecule has 0 heterocycles. The minimum atomic E-state index is -3.43. The Morgan fingerprint density at radius 2 is 1.26 bits per heavy atom. The molecule has 0 nitrogen and oxygen atoms in total. The number of hydrogen-bond donors (Lipinski definition) is 0. The van der Waals surface area contributed by atoms with Crippen molar-refractivity contribution in [3.63, 3.8) is 0 Å². The van der Waals surface area contributed by atoms with Crippen LogP contribution in [0.25, 0.3) is 0 Å². The minimum absolute atomic E-state index is 0.625. The third kappa shape index (κ3) is 2.63. The molecule has 0 fully saturated rings. The van der Waals surface area contributed by atoms with Crippen LogP contribution >= 0.6 is 24.4 Å². The van der Waals surface area contributed by atoms with E-state index >= 15 is 0 Å². The van der Waals surface area contributed by atoms with Gasteiger partial charge in [-0.1, -0.05) is 0 Å². The molecule has 2 unspecified atom stereocenters. The number of allylic oxidation sites excluding steroid dienone is 8. The van der Waals surface area contributed by atoms with Gasteiger partial charge in [0.05, 0.1) is 0 Å². The molecule has 0 radical (unpaired) electrons. The van der Waals surface area contributed by atoms with Crippen molar-refractivity contribution in [2.75, 3.05) is 0 Å². The van der Waals surface area contributed by atoms with E-state index < -0.39 is 13.6 Å². The summed E-state index contributed by atoms with van der Waals surface area (Å²) in [5, 5.41) is 0. The van der Waals surface area contributed by atoms with Crippen LogP contribution in [0.3, 0.4) is 0 Å². The zero-order valence-corrected chi connectivity index (χ0v) is 19.6. The second kappa shape index (κ2) is 6.13. The number of hydrogen-bond acceptors (Lipinski definition) is 0. The summed E-state index contributed by atoms with van der Waals surface area (Å²) in [6, 6.07) is 0. The summed E-state index contributed by atoms with van der Waals surface area (Å²) < 4.78 is 3.83. The van der Waals surface area contributed by atoms with E-state index in [9.17, 15) is 0 Å². The zero-order valence-electron chi connectivity index (χ0n) is 14.0. The molecule has 0 aromatic heterocycles. The van der Waals surface area contributed by atoms with Crippen LogP contribution in [0, 0.1) is 0 Å². The Hall–Kier alpha value is 0.673. The van der Waals surface area contributed by atoms with Crippen molar-refractivity contribution >= 4 is 28.1 Å². The van der Waals surface area contributed by atoms with Gasteiger partial charge in [-0.15, -0.1) is 0 Å². The average Bonchev–Trinajstić information content (AvgIpc) is 3.20. The van der Waals surface area contributed by atoms with Crippen LogP contribution in [-0.2, 0) is 13.6 Å². The molecular formula is C20H26Br2Zr. The SMILES string of the molecule is C[CH]=[Zr]([Br])([Br])([CH]1C=CC2=C1CCCC2)[CH]1C=CC2=C1CCCC2. The van der Waals surface area contributed by atoms with Crippen LogP contribution in [-0.4, -0.2) is 3.71 Å². The topological polar surface area (TPSA) is 0 Å². The fourth-order valence-electron chi connectivity index (χ4n) is 5.24. The van der Waals surface area contributed by atoms with Gasteiger partial charge < -0.3 is 0 Å². The summed E-state index contributed by atoms with van der Waals surface area (Å²) in [7, 11) is 0. The van der Waals surface area contributed by atoms with Crippen molar-refractivity contribution in [1.29, 1.82) is 0 Å². The van der Waals surface area contributed by atoms with Crippen LogP contribution in [0.4, 0.5) is 0 Å². The summed E-state index contributed by atoms with van der Waals surface area (Å²) in [6.07, 6.45) is 20.7. The molecule has 23 heavy (non-hydrogen) atoms. The molecule has 0 amide bonds. The molecule has 4 aliphatic rings. The predicted octanol–water partition coefficient (Wildman–Crippen LogP) is 7.58. The molecule has 124 valence electrons. The molecule has 0 saturated heterocycles. The maximum absolute atomic E-state index is 4.47. The Labute approximate surface area is 152 Å². The Morgan fingerprint density at radius 3 is 1.70 bits per heavy atom.